The van der Waals surface area contributed by atoms with Crippen LogP contribution in [0, 0.1) is 0 Å². The number of ether oxygens (including phenoxy) is 1. The molecule has 3 atom stereocenters. The first kappa shape index (κ1) is 16.0. The lowest BCUT2D eigenvalue weighted by atomic mass is 10.2. The van der Waals surface area contributed by atoms with Gasteiger partial charge in [0.1, 0.15) is 17.8 Å². The molecule has 0 bridgehead atoms. The number of nitrogens with zero attached hydrogens (tertiary/aromatic N) is 3. The number of rotatable bonds is 5. The number of aliphatic hydroxyl groups excluding tert-OH is 2. The van der Waals surface area contributed by atoms with Crippen molar-refractivity contribution in [2.45, 2.75) is 31.4 Å². The third-order valence-corrected chi connectivity index (χ3v) is 4.49. The van der Waals surface area contributed by atoms with Crippen molar-refractivity contribution in [3.63, 3.8) is 0 Å². The van der Waals surface area contributed by atoms with Gasteiger partial charge in [-0.05, 0) is 11.6 Å². The lowest BCUT2D eigenvalue weighted by molar-refractivity contribution is -0.0430. The van der Waals surface area contributed by atoms with Gasteiger partial charge in [0.2, 0.25) is 0 Å². The first-order valence-electron chi connectivity index (χ1n) is 8.30. The zero-order chi connectivity index (χ0) is 17.2. The van der Waals surface area contributed by atoms with Crippen LogP contribution in [0.5, 0.6) is 0 Å². The Labute approximate surface area is 144 Å². The number of nitrogens with one attached hydrogen (secondary N) is 1. The highest BCUT2D eigenvalue weighted by Crippen LogP contribution is 2.32. The fraction of sp³-hybridized carbons (Fsp3) is 0.333. The number of hydrogen-bond acceptors (Lipinski definition) is 6. The molecule has 1 saturated heterocycles. The van der Waals surface area contributed by atoms with Crippen LogP contribution in [0.25, 0.3) is 11.0 Å². The fourth-order valence-corrected chi connectivity index (χ4v) is 3.15. The van der Waals surface area contributed by atoms with Crippen LogP contribution in [0.15, 0.2) is 48.9 Å². The number of aliphatic hydroxyl groups is 2. The van der Waals surface area contributed by atoms with Gasteiger partial charge in [-0.15, -0.1) is 0 Å². The monoisotopic (exact) mass is 340 g/mol. The summed E-state index contributed by atoms with van der Waals surface area (Å²) in [5.74, 6) is 0.706. The van der Waals surface area contributed by atoms with E-state index in [2.05, 4.69) is 27.4 Å². The first-order valence-corrected chi connectivity index (χ1v) is 8.30. The van der Waals surface area contributed by atoms with Crippen LogP contribution < -0.4 is 5.32 Å². The maximum atomic E-state index is 9.95. The Morgan fingerprint density at radius 2 is 2.04 bits per heavy atom. The van der Waals surface area contributed by atoms with Gasteiger partial charge in [0, 0.05) is 19.2 Å². The smallest absolute Gasteiger partial charge is 0.154 e. The highest BCUT2D eigenvalue weighted by molar-refractivity contribution is 5.85. The SMILES string of the molecule is OC[C@H]1O[C@@H](n2cnc3c(NCc4ccccc4)nccc32)C[C@@H]1O. The molecule has 0 unspecified atom stereocenters. The summed E-state index contributed by atoms with van der Waals surface area (Å²) < 4.78 is 7.61. The average molecular weight is 340 g/mol. The molecule has 1 aromatic carbocycles. The van der Waals surface area contributed by atoms with Gasteiger partial charge in [-0.1, -0.05) is 30.3 Å². The predicted octanol–water partition coefficient (Wildman–Crippen LogP) is 1.68. The number of pyridine rings is 1. The predicted molar refractivity (Wildman–Crippen MR) is 92.9 cm³/mol. The van der Waals surface area contributed by atoms with E-state index in [-0.39, 0.29) is 12.8 Å². The molecule has 0 radical (unpaired) electrons. The molecule has 1 aliphatic heterocycles. The van der Waals surface area contributed by atoms with Gasteiger partial charge in [0.25, 0.3) is 0 Å². The summed E-state index contributed by atoms with van der Waals surface area (Å²) in [5, 5.41) is 22.5. The Bertz CT molecular complexity index is 852. The number of anilines is 1. The molecule has 130 valence electrons. The second kappa shape index (κ2) is 6.79. The molecule has 3 N–H and O–H groups in total. The number of hydrogen-bond donors (Lipinski definition) is 3. The van der Waals surface area contributed by atoms with Crippen LogP contribution in [0.3, 0.4) is 0 Å². The van der Waals surface area contributed by atoms with Crippen molar-refractivity contribution in [1.29, 1.82) is 0 Å². The van der Waals surface area contributed by atoms with E-state index in [1.165, 1.54) is 0 Å². The zero-order valence-corrected chi connectivity index (χ0v) is 13.6. The first-order chi connectivity index (χ1) is 12.3. The summed E-state index contributed by atoms with van der Waals surface area (Å²) in [4.78, 5) is 8.86. The summed E-state index contributed by atoms with van der Waals surface area (Å²) in [6, 6.07) is 12.0. The number of benzene rings is 1. The summed E-state index contributed by atoms with van der Waals surface area (Å²) >= 11 is 0. The minimum atomic E-state index is -0.676. The maximum Gasteiger partial charge on any atom is 0.154 e. The van der Waals surface area contributed by atoms with Crippen molar-refractivity contribution in [2.75, 3.05) is 11.9 Å². The Morgan fingerprint density at radius 3 is 2.80 bits per heavy atom. The molecule has 3 aromatic rings. The van der Waals surface area contributed by atoms with Crippen LogP contribution in [0.4, 0.5) is 5.82 Å². The molecule has 1 aliphatic rings. The molecule has 2 aromatic heterocycles. The van der Waals surface area contributed by atoms with Crippen molar-refractivity contribution in [2.24, 2.45) is 0 Å². The molecular formula is C18H20N4O3. The quantitative estimate of drug-likeness (QED) is 0.654. The summed E-state index contributed by atoms with van der Waals surface area (Å²) in [7, 11) is 0. The van der Waals surface area contributed by atoms with E-state index >= 15 is 0 Å². The molecule has 1 fully saturated rings. The van der Waals surface area contributed by atoms with Crippen LogP contribution in [0.1, 0.15) is 18.2 Å². The molecule has 3 heterocycles. The summed E-state index contributed by atoms with van der Waals surface area (Å²) in [5.41, 5.74) is 2.79. The van der Waals surface area contributed by atoms with Crippen LogP contribution in [-0.2, 0) is 11.3 Å². The van der Waals surface area contributed by atoms with Gasteiger partial charge in [0.05, 0.1) is 24.6 Å². The summed E-state index contributed by atoms with van der Waals surface area (Å²) in [6.45, 7) is 0.459. The van der Waals surface area contributed by atoms with E-state index in [1.807, 2.05) is 28.8 Å². The Hall–Kier alpha value is -2.48. The van der Waals surface area contributed by atoms with Gasteiger partial charge in [-0.25, -0.2) is 9.97 Å². The lowest BCUT2D eigenvalue weighted by Crippen LogP contribution is -2.24. The van der Waals surface area contributed by atoms with E-state index < -0.39 is 12.2 Å². The van der Waals surface area contributed by atoms with E-state index in [0.29, 0.717) is 18.8 Å². The van der Waals surface area contributed by atoms with Gasteiger partial charge in [-0.2, -0.15) is 0 Å². The fourth-order valence-electron chi connectivity index (χ4n) is 3.15. The molecule has 7 heteroatoms. The van der Waals surface area contributed by atoms with Crippen molar-refractivity contribution in [1.82, 2.24) is 14.5 Å². The summed E-state index contributed by atoms with van der Waals surface area (Å²) in [6.07, 6.45) is 2.26. The normalized spacial score (nSPS) is 23.2. The highest BCUT2D eigenvalue weighted by Gasteiger charge is 2.35. The molecule has 0 saturated carbocycles. The largest absolute Gasteiger partial charge is 0.394 e. The van der Waals surface area contributed by atoms with E-state index in [0.717, 1.165) is 16.6 Å². The van der Waals surface area contributed by atoms with Gasteiger partial charge in [0.15, 0.2) is 5.82 Å². The molecule has 25 heavy (non-hydrogen) atoms. The Kier molecular flexibility index (Phi) is 4.35. The van der Waals surface area contributed by atoms with Crippen molar-refractivity contribution >= 4 is 16.9 Å². The molecule has 7 nitrogen and oxygen atoms in total. The number of imidazole rings is 1. The third kappa shape index (κ3) is 3.09. The van der Waals surface area contributed by atoms with Crippen LogP contribution in [0.2, 0.25) is 0 Å². The van der Waals surface area contributed by atoms with Crippen LogP contribution >= 0.6 is 0 Å². The minimum Gasteiger partial charge on any atom is -0.394 e. The topological polar surface area (TPSA) is 92.4 Å². The van der Waals surface area contributed by atoms with E-state index in [1.54, 1.807) is 12.5 Å². The molecule has 0 amide bonds. The van der Waals surface area contributed by atoms with Gasteiger partial charge < -0.3 is 24.8 Å². The Balaban J connectivity index is 1.58. The van der Waals surface area contributed by atoms with Crippen molar-refractivity contribution < 1.29 is 14.9 Å². The molecule has 0 spiro atoms. The van der Waals surface area contributed by atoms with E-state index in [4.69, 9.17) is 4.74 Å². The van der Waals surface area contributed by atoms with Gasteiger partial charge >= 0.3 is 0 Å². The van der Waals surface area contributed by atoms with E-state index in [9.17, 15) is 10.2 Å². The average Bonchev–Trinajstić information content (AvgIpc) is 3.24. The van der Waals surface area contributed by atoms with Crippen molar-refractivity contribution in [3.8, 4) is 0 Å². The Morgan fingerprint density at radius 1 is 1.20 bits per heavy atom. The zero-order valence-electron chi connectivity index (χ0n) is 13.6. The minimum absolute atomic E-state index is 0.199. The van der Waals surface area contributed by atoms with Gasteiger partial charge in [-0.3, -0.25) is 0 Å². The third-order valence-electron chi connectivity index (χ3n) is 4.49. The standard InChI is InChI=1S/C18H20N4O3/c23-10-15-14(24)8-16(25-15)22-11-21-17-13(22)6-7-19-18(17)20-9-12-4-2-1-3-5-12/h1-7,11,14-16,23-24H,8-10H2,(H,19,20)/t14-,15+,16+/m0/s1. The maximum absolute atomic E-state index is 9.95. The molecular weight excluding hydrogens is 320 g/mol. The molecule has 0 aliphatic carbocycles. The molecule has 4 rings (SSSR count). The van der Waals surface area contributed by atoms with Crippen molar-refractivity contribution in [3.05, 3.63) is 54.5 Å². The lowest BCUT2D eigenvalue weighted by Gasteiger charge is -2.14. The second-order valence-corrected chi connectivity index (χ2v) is 6.13. The second-order valence-electron chi connectivity index (χ2n) is 6.13. The highest BCUT2D eigenvalue weighted by atomic mass is 16.5. The number of fused-ring (bicyclic) bond motifs is 1. The van der Waals surface area contributed by atoms with Crippen LogP contribution in [-0.4, -0.2) is 43.6 Å². The number of aromatic nitrogens is 3.